The zero-order valence-electron chi connectivity index (χ0n) is 11.1. The Bertz CT molecular complexity index is 536. The average molecular weight is 281 g/mol. The quantitative estimate of drug-likeness (QED) is 0.656. The number of benzene rings is 1. The zero-order valence-corrected chi connectivity index (χ0v) is 11.1. The molecule has 0 bridgehead atoms. The van der Waals surface area contributed by atoms with E-state index in [0.717, 1.165) is 31.5 Å². The van der Waals surface area contributed by atoms with Crippen LogP contribution in [0.1, 0.15) is 19.8 Å². The van der Waals surface area contributed by atoms with E-state index in [1.807, 2.05) is 6.92 Å². The first-order valence-corrected chi connectivity index (χ1v) is 6.45. The van der Waals surface area contributed by atoms with E-state index < -0.39 is 16.4 Å². The number of piperidine rings is 1. The molecule has 1 saturated heterocycles. The van der Waals surface area contributed by atoms with Crippen LogP contribution in [0.25, 0.3) is 0 Å². The van der Waals surface area contributed by atoms with E-state index in [0.29, 0.717) is 0 Å². The van der Waals surface area contributed by atoms with Crippen molar-refractivity contribution in [2.24, 2.45) is 5.92 Å². The summed E-state index contributed by atoms with van der Waals surface area (Å²) in [6.45, 7) is 2.78. The van der Waals surface area contributed by atoms with Gasteiger partial charge in [-0.05, 0) is 32.4 Å². The molecule has 6 nitrogen and oxygen atoms in total. The third-order valence-electron chi connectivity index (χ3n) is 3.41. The Labute approximate surface area is 115 Å². The molecule has 0 saturated carbocycles. The Kier molecular flexibility index (Phi) is 4.29. The molecule has 0 aromatic heterocycles. The highest BCUT2D eigenvalue weighted by atomic mass is 19.1. The van der Waals surface area contributed by atoms with Crippen molar-refractivity contribution < 1.29 is 14.1 Å². The van der Waals surface area contributed by atoms with Crippen LogP contribution in [0.3, 0.4) is 0 Å². The molecular weight excluding hydrogens is 265 g/mol. The maximum Gasteiger partial charge on any atom is 0.304 e. The minimum Gasteiger partial charge on any atom is -0.326 e. The number of carbonyl (C=O) groups excluding carboxylic acids is 1. The van der Waals surface area contributed by atoms with Crippen LogP contribution in [0.5, 0.6) is 0 Å². The van der Waals surface area contributed by atoms with E-state index in [2.05, 4.69) is 10.6 Å². The lowest BCUT2D eigenvalue weighted by molar-refractivity contribution is -0.387. The Balaban J connectivity index is 2.04. The van der Waals surface area contributed by atoms with Crippen molar-refractivity contribution in [3.05, 3.63) is 34.1 Å². The molecule has 1 aliphatic rings. The molecule has 0 aliphatic carbocycles. The number of nitrogens with zero attached hydrogens (tertiary/aromatic N) is 1. The van der Waals surface area contributed by atoms with Crippen LogP contribution in [0.4, 0.5) is 15.8 Å². The van der Waals surface area contributed by atoms with Crippen LogP contribution in [0.2, 0.25) is 0 Å². The summed E-state index contributed by atoms with van der Waals surface area (Å²) < 4.78 is 13.5. The van der Waals surface area contributed by atoms with Gasteiger partial charge in [0.25, 0.3) is 0 Å². The minimum atomic E-state index is -0.952. The number of nitro benzene ring substituents is 1. The molecule has 2 unspecified atom stereocenters. The number of hydrogen-bond acceptors (Lipinski definition) is 4. The lowest BCUT2D eigenvalue weighted by atomic mass is 9.92. The number of rotatable bonds is 3. The van der Waals surface area contributed by atoms with Gasteiger partial charge in [0.1, 0.15) is 0 Å². The van der Waals surface area contributed by atoms with Crippen molar-refractivity contribution in [2.45, 2.75) is 25.8 Å². The van der Waals surface area contributed by atoms with Gasteiger partial charge >= 0.3 is 5.69 Å². The van der Waals surface area contributed by atoms with Gasteiger partial charge in [-0.1, -0.05) is 0 Å². The van der Waals surface area contributed by atoms with Crippen molar-refractivity contribution >= 4 is 17.3 Å². The van der Waals surface area contributed by atoms with Crippen molar-refractivity contribution in [3.63, 3.8) is 0 Å². The van der Waals surface area contributed by atoms with Crippen molar-refractivity contribution in [3.8, 4) is 0 Å². The summed E-state index contributed by atoms with van der Waals surface area (Å²) in [6.07, 6.45) is 1.45. The number of anilines is 1. The molecular formula is C13H16FN3O3. The first-order valence-electron chi connectivity index (χ1n) is 6.45. The molecule has 108 valence electrons. The van der Waals surface area contributed by atoms with Crippen molar-refractivity contribution in [2.75, 3.05) is 11.9 Å². The number of halogens is 1. The molecule has 1 fully saturated rings. The van der Waals surface area contributed by atoms with Crippen LogP contribution >= 0.6 is 0 Å². The van der Waals surface area contributed by atoms with Crippen molar-refractivity contribution in [1.82, 2.24) is 5.32 Å². The Morgan fingerprint density at radius 2 is 2.30 bits per heavy atom. The Morgan fingerprint density at radius 1 is 1.55 bits per heavy atom. The van der Waals surface area contributed by atoms with Crippen LogP contribution in [-0.4, -0.2) is 23.4 Å². The summed E-state index contributed by atoms with van der Waals surface area (Å²) in [5.74, 6) is -1.25. The molecule has 0 spiro atoms. The van der Waals surface area contributed by atoms with Crippen LogP contribution in [0, 0.1) is 21.8 Å². The van der Waals surface area contributed by atoms with Gasteiger partial charge in [-0.25, -0.2) is 0 Å². The standard InChI is InChI=1S/C13H16FN3O3/c1-8-6-9(4-5-15-8)13(18)16-10-2-3-12(17(19)20)11(14)7-10/h2-3,7-9,15H,4-6H2,1H3,(H,16,18). The summed E-state index contributed by atoms with van der Waals surface area (Å²) in [7, 11) is 0. The van der Waals surface area contributed by atoms with Gasteiger partial charge in [-0.15, -0.1) is 0 Å². The smallest absolute Gasteiger partial charge is 0.304 e. The summed E-state index contributed by atoms with van der Waals surface area (Å²) in [5.41, 5.74) is -0.359. The second-order valence-electron chi connectivity index (χ2n) is 4.99. The fraction of sp³-hybridized carbons (Fsp3) is 0.462. The van der Waals surface area contributed by atoms with Gasteiger partial charge in [0, 0.05) is 29.8 Å². The summed E-state index contributed by atoms with van der Waals surface area (Å²) >= 11 is 0. The lowest BCUT2D eigenvalue weighted by Gasteiger charge is -2.27. The van der Waals surface area contributed by atoms with E-state index in [1.165, 1.54) is 6.07 Å². The normalized spacial score (nSPS) is 22.3. The van der Waals surface area contributed by atoms with Crippen LogP contribution < -0.4 is 10.6 Å². The molecule has 1 heterocycles. The predicted molar refractivity (Wildman–Crippen MR) is 71.9 cm³/mol. The lowest BCUT2D eigenvalue weighted by Crippen LogP contribution is -2.40. The van der Waals surface area contributed by atoms with Gasteiger partial charge in [-0.2, -0.15) is 4.39 Å². The van der Waals surface area contributed by atoms with E-state index in [-0.39, 0.29) is 23.6 Å². The summed E-state index contributed by atoms with van der Waals surface area (Å²) in [5, 5.41) is 16.4. The van der Waals surface area contributed by atoms with E-state index in [9.17, 15) is 19.3 Å². The van der Waals surface area contributed by atoms with Gasteiger partial charge in [0.2, 0.25) is 11.7 Å². The Morgan fingerprint density at radius 3 is 2.90 bits per heavy atom. The molecule has 1 amide bonds. The fourth-order valence-corrected chi connectivity index (χ4v) is 2.35. The zero-order chi connectivity index (χ0) is 14.7. The van der Waals surface area contributed by atoms with Crippen LogP contribution in [0.15, 0.2) is 18.2 Å². The highest BCUT2D eigenvalue weighted by Gasteiger charge is 2.25. The largest absolute Gasteiger partial charge is 0.326 e. The number of carbonyl (C=O) groups is 1. The first kappa shape index (κ1) is 14.4. The molecule has 2 N–H and O–H groups in total. The molecule has 7 heteroatoms. The first-order chi connectivity index (χ1) is 9.47. The molecule has 1 aromatic rings. The Hall–Kier alpha value is -2.02. The van der Waals surface area contributed by atoms with Crippen molar-refractivity contribution in [1.29, 1.82) is 0 Å². The highest BCUT2D eigenvalue weighted by Crippen LogP contribution is 2.23. The number of amides is 1. The van der Waals surface area contributed by atoms with Gasteiger partial charge in [-0.3, -0.25) is 14.9 Å². The summed E-state index contributed by atoms with van der Waals surface area (Å²) in [6, 6.07) is 3.63. The fourth-order valence-electron chi connectivity index (χ4n) is 2.35. The van der Waals surface area contributed by atoms with Gasteiger partial charge in [0.05, 0.1) is 4.92 Å². The third kappa shape index (κ3) is 3.30. The maximum absolute atomic E-state index is 13.5. The number of nitrogens with one attached hydrogen (secondary N) is 2. The predicted octanol–water partition coefficient (Wildman–Crippen LogP) is 2.06. The molecule has 20 heavy (non-hydrogen) atoms. The van der Waals surface area contributed by atoms with Crippen LogP contribution in [-0.2, 0) is 4.79 Å². The summed E-state index contributed by atoms with van der Waals surface area (Å²) in [4.78, 5) is 21.8. The highest BCUT2D eigenvalue weighted by molar-refractivity contribution is 5.92. The van der Waals surface area contributed by atoms with Gasteiger partial charge < -0.3 is 10.6 Å². The second-order valence-corrected chi connectivity index (χ2v) is 4.99. The topological polar surface area (TPSA) is 84.3 Å². The monoisotopic (exact) mass is 281 g/mol. The molecule has 0 radical (unpaired) electrons. The van der Waals surface area contributed by atoms with E-state index >= 15 is 0 Å². The SMILES string of the molecule is CC1CC(C(=O)Nc2ccc([N+](=O)[O-])c(F)c2)CCN1. The number of hydrogen-bond donors (Lipinski definition) is 2. The van der Waals surface area contributed by atoms with Gasteiger partial charge in [0.15, 0.2) is 0 Å². The third-order valence-corrected chi connectivity index (χ3v) is 3.41. The van der Waals surface area contributed by atoms with E-state index in [1.54, 1.807) is 0 Å². The number of nitro groups is 1. The molecule has 2 atom stereocenters. The molecule has 1 aromatic carbocycles. The maximum atomic E-state index is 13.5. The van der Waals surface area contributed by atoms with E-state index in [4.69, 9.17) is 0 Å². The minimum absolute atomic E-state index is 0.121. The average Bonchev–Trinajstić information content (AvgIpc) is 2.38. The molecule has 2 rings (SSSR count). The molecule has 1 aliphatic heterocycles. The second kappa shape index (κ2) is 5.96.